The van der Waals surface area contributed by atoms with E-state index in [2.05, 4.69) is 10.4 Å². The van der Waals surface area contributed by atoms with Gasteiger partial charge < -0.3 is 11.1 Å². The number of hydrogen-bond donors (Lipinski definition) is 2. The molecule has 22 heavy (non-hydrogen) atoms. The topological polar surface area (TPSA) is 55.9 Å². The zero-order chi connectivity index (χ0) is 16.3. The highest BCUT2D eigenvalue weighted by Gasteiger charge is 2.30. The van der Waals surface area contributed by atoms with Crippen LogP contribution in [0.15, 0.2) is 24.3 Å². The van der Waals surface area contributed by atoms with Gasteiger partial charge in [0.05, 0.1) is 28.3 Å². The number of nitrogens with zero attached hydrogens (tertiary/aromatic N) is 2. The minimum absolute atomic E-state index is 0.391. The van der Waals surface area contributed by atoms with Crippen molar-refractivity contribution in [1.82, 2.24) is 9.78 Å². The van der Waals surface area contributed by atoms with E-state index in [0.29, 0.717) is 18.8 Å². The lowest BCUT2D eigenvalue weighted by Gasteiger charge is -2.10. The van der Waals surface area contributed by atoms with Crippen LogP contribution in [0.2, 0.25) is 0 Å². The molecule has 0 bridgehead atoms. The molecule has 0 spiro atoms. The summed E-state index contributed by atoms with van der Waals surface area (Å²) in [4.78, 5) is 0. The van der Waals surface area contributed by atoms with Gasteiger partial charge in [-0.3, -0.25) is 0 Å². The maximum Gasteiger partial charge on any atom is 0.416 e. The number of anilines is 1. The second kappa shape index (κ2) is 6.39. The Morgan fingerprint density at radius 1 is 1.27 bits per heavy atom. The van der Waals surface area contributed by atoms with E-state index in [0.717, 1.165) is 35.6 Å². The van der Waals surface area contributed by atoms with Crippen LogP contribution in [0.4, 0.5) is 18.9 Å². The molecule has 2 rings (SSSR count). The Bertz CT molecular complexity index is 647. The van der Waals surface area contributed by atoms with Crippen LogP contribution in [0.1, 0.15) is 23.4 Å². The van der Waals surface area contributed by atoms with Crippen molar-refractivity contribution in [1.29, 1.82) is 0 Å². The molecule has 0 saturated heterocycles. The van der Waals surface area contributed by atoms with Gasteiger partial charge in [-0.05, 0) is 45.0 Å². The molecule has 3 N–H and O–H groups in total. The molecule has 120 valence electrons. The summed E-state index contributed by atoms with van der Waals surface area (Å²) in [6.45, 7) is 4.92. The van der Waals surface area contributed by atoms with Crippen molar-refractivity contribution in [2.45, 2.75) is 26.4 Å². The van der Waals surface area contributed by atoms with Crippen molar-refractivity contribution in [2.24, 2.45) is 5.73 Å². The average Bonchev–Trinajstić information content (AvgIpc) is 2.74. The third-order valence-electron chi connectivity index (χ3n) is 3.39. The first-order chi connectivity index (χ1) is 10.3. The minimum Gasteiger partial charge on any atom is -0.382 e. The summed E-state index contributed by atoms with van der Waals surface area (Å²) in [6, 6.07) is 5.15. The van der Waals surface area contributed by atoms with Crippen LogP contribution in [0, 0.1) is 13.8 Å². The zero-order valence-electron chi connectivity index (χ0n) is 12.5. The van der Waals surface area contributed by atoms with Crippen LogP contribution in [0.25, 0.3) is 5.69 Å². The lowest BCUT2D eigenvalue weighted by Crippen LogP contribution is -2.09. The Hall–Kier alpha value is -2.02. The van der Waals surface area contributed by atoms with Gasteiger partial charge in [0.25, 0.3) is 0 Å². The normalized spacial score (nSPS) is 11.7. The first-order valence-corrected chi connectivity index (χ1v) is 7.02. The molecule has 0 fully saturated rings. The number of nitrogens with one attached hydrogen (secondary N) is 1. The van der Waals surface area contributed by atoms with Gasteiger partial charge >= 0.3 is 6.18 Å². The molecule has 0 aliphatic carbocycles. The molecule has 4 nitrogen and oxygen atoms in total. The van der Waals surface area contributed by atoms with E-state index >= 15 is 0 Å². The predicted octanol–water partition coefficient (Wildman–Crippen LogP) is 3.27. The lowest BCUT2D eigenvalue weighted by molar-refractivity contribution is -0.137. The molecular formula is C15H19F3N4. The summed E-state index contributed by atoms with van der Waals surface area (Å²) in [7, 11) is 0. The number of alkyl halides is 3. The maximum absolute atomic E-state index is 12.8. The van der Waals surface area contributed by atoms with Crippen molar-refractivity contribution in [3.8, 4) is 5.69 Å². The van der Waals surface area contributed by atoms with E-state index in [1.807, 2.05) is 13.8 Å². The van der Waals surface area contributed by atoms with Gasteiger partial charge in [-0.1, -0.05) is 6.07 Å². The van der Waals surface area contributed by atoms with Crippen LogP contribution in [-0.2, 0) is 6.18 Å². The van der Waals surface area contributed by atoms with Gasteiger partial charge in [-0.2, -0.15) is 18.3 Å². The first-order valence-electron chi connectivity index (χ1n) is 7.02. The number of nitrogens with two attached hydrogens (primary N) is 1. The van der Waals surface area contributed by atoms with Crippen molar-refractivity contribution in [3.63, 3.8) is 0 Å². The summed E-state index contributed by atoms with van der Waals surface area (Å²) in [5.41, 5.74) is 7.51. The van der Waals surface area contributed by atoms with Crippen LogP contribution in [-0.4, -0.2) is 22.9 Å². The highest BCUT2D eigenvalue weighted by atomic mass is 19.4. The molecule has 0 aliphatic heterocycles. The van der Waals surface area contributed by atoms with Crippen molar-refractivity contribution in [2.75, 3.05) is 18.4 Å². The number of halogens is 3. The Morgan fingerprint density at radius 2 is 2.00 bits per heavy atom. The first kappa shape index (κ1) is 16.4. The van der Waals surface area contributed by atoms with Crippen LogP contribution < -0.4 is 11.1 Å². The summed E-state index contributed by atoms with van der Waals surface area (Å²) in [5, 5.41) is 7.57. The summed E-state index contributed by atoms with van der Waals surface area (Å²) < 4.78 is 40.0. The molecule has 1 aromatic carbocycles. The van der Waals surface area contributed by atoms with Crippen LogP contribution in [0.5, 0.6) is 0 Å². The third-order valence-corrected chi connectivity index (χ3v) is 3.39. The van der Waals surface area contributed by atoms with Gasteiger partial charge in [0.2, 0.25) is 0 Å². The highest BCUT2D eigenvalue weighted by molar-refractivity contribution is 5.55. The Balaban J connectivity index is 2.36. The fraction of sp³-hybridized carbons (Fsp3) is 0.400. The highest BCUT2D eigenvalue weighted by Crippen LogP contribution is 2.31. The van der Waals surface area contributed by atoms with Gasteiger partial charge in [-0.25, -0.2) is 4.68 Å². The quantitative estimate of drug-likeness (QED) is 0.833. The molecule has 0 unspecified atom stereocenters. The molecule has 0 atom stereocenters. The van der Waals surface area contributed by atoms with E-state index in [-0.39, 0.29) is 0 Å². The molecule has 1 aromatic heterocycles. The van der Waals surface area contributed by atoms with E-state index in [1.165, 1.54) is 10.7 Å². The van der Waals surface area contributed by atoms with E-state index in [1.54, 1.807) is 6.07 Å². The molecule has 1 heterocycles. The molecule has 7 heteroatoms. The number of benzene rings is 1. The number of hydrogen-bond acceptors (Lipinski definition) is 3. The summed E-state index contributed by atoms with van der Waals surface area (Å²) >= 11 is 0. The maximum atomic E-state index is 12.8. The van der Waals surface area contributed by atoms with E-state index in [9.17, 15) is 13.2 Å². The van der Waals surface area contributed by atoms with Gasteiger partial charge in [-0.15, -0.1) is 0 Å². The van der Waals surface area contributed by atoms with E-state index in [4.69, 9.17) is 5.73 Å². The van der Waals surface area contributed by atoms with Gasteiger partial charge in [0.1, 0.15) is 0 Å². The summed E-state index contributed by atoms with van der Waals surface area (Å²) in [5.74, 6) is 0. The lowest BCUT2D eigenvalue weighted by atomic mass is 10.2. The second-order valence-corrected chi connectivity index (χ2v) is 5.07. The van der Waals surface area contributed by atoms with Crippen molar-refractivity contribution in [3.05, 3.63) is 41.2 Å². The molecule has 0 saturated carbocycles. The predicted molar refractivity (Wildman–Crippen MR) is 80.2 cm³/mol. The smallest absolute Gasteiger partial charge is 0.382 e. The third kappa shape index (κ3) is 3.41. The zero-order valence-corrected chi connectivity index (χ0v) is 12.5. The molecule has 0 aliphatic rings. The number of rotatable bonds is 5. The number of aryl methyl sites for hydroxylation is 1. The van der Waals surface area contributed by atoms with Crippen molar-refractivity contribution < 1.29 is 13.2 Å². The molecular weight excluding hydrogens is 293 g/mol. The molecule has 2 aromatic rings. The molecule has 0 radical (unpaired) electrons. The standard InChI is InChI=1S/C15H19F3N4/c1-10-14(20-8-4-7-19)11(2)22(21-10)13-6-3-5-12(9-13)15(16,17)18/h3,5-6,9,20H,4,7-8,19H2,1-2H3. The van der Waals surface area contributed by atoms with Gasteiger partial charge in [0.15, 0.2) is 0 Å². The Morgan fingerprint density at radius 3 is 2.64 bits per heavy atom. The SMILES string of the molecule is Cc1nn(-c2cccc(C(F)(F)F)c2)c(C)c1NCCCN. The van der Waals surface area contributed by atoms with E-state index < -0.39 is 11.7 Å². The average molecular weight is 312 g/mol. The van der Waals surface area contributed by atoms with Crippen molar-refractivity contribution >= 4 is 5.69 Å². The minimum atomic E-state index is -4.37. The monoisotopic (exact) mass is 312 g/mol. The molecule has 0 amide bonds. The number of aromatic nitrogens is 2. The van der Waals surface area contributed by atoms with Gasteiger partial charge in [0, 0.05) is 6.54 Å². The Kier molecular flexibility index (Phi) is 4.75. The van der Waals surface area contributed by atoms with Crippen LogP contribution >= 0.6 is 0 Å². The fourth-order valence-corrected chi connectivity index (χ4v) is 2.28. The Labute approximate surface area is 127 Å². The largest absolute Gasteiger partial charge is 0.416 e. The fourth-order valence-electron chi connectivity index (χ4n) is 2.28. The summed E-state index contributed by atoms with van der Waals surface area (Å²) in [6.07, 6.45) is -3.55. The second-order valence-electron chi connectivity index (χ2n) is 5.07. The van der Waals surface area contributed by atoms with Crippen LogP contribution in [0.3, 0.4) is 0 Å².